The highest BCUT2D eigenvalue weighted by atomic mass is 16.5. The zero-order valence-corrected chi connectivity index (χ0v) is 13.6. The van der Waals surface area contributed by atoms with Crippen molar-refractivity contribution in [3.63, 3.8) is 0 Å². The van der Waals surface area contributed by atoms with E-state index in [2.05, 4.69) is 24.0 Å². The molecule has 0 aromatic carbocycles. The first-order valence-corrected chi connectivity index (χ1v) is 7.33. The van der Waals surface area contributed by atoms with Gasteiger partial charge in [0.05, 0.1) is 30.7 Å². The first-order chi connectivity index (χ1) is 9.99. The molecule has 0 saturated carbocycles. The van der Waals surface area contributed by atoms with Gasteiger partial charge in [-0.25, -0.2) is 0 Å². The van der Waals surface area contributed by atoms with Crippen LogP contribution in [0.3, 0.4) is 0 Å². The van der Waals surface area contributed by atoms with Crippen LogP contribution in [-0.4, -0.2) is 26.7 Å². The number of hydrogen-bond acceptors (Lipinski definition) is 4. The van der Waals surface area contributed by atoms with Gasteiger partial charge in [0.2, 0.25) is 0 Å². The number of methoxy groups -OCH3 is 1. The molecule has 0 radical (unpaired) electrons. The second kappa shape index (κ2) is 6.30. The van der Waals surface area contributed by atoms with E-state index < -0.39 is 0 Å². The van der Waals surface area contributed by atoms with Gasteiger partial charge in [0, 0.05) is 19.3 Å². The molecule has 0 bridgehead atoms. The lowest BCUT2D eigenvalue weighted by Crippen LogP contribution is -2.20. The maximum Gasteiger partial charge on any atom is 0.161 e. The Kier molecular flexibility index (Phi) is 4.67. The largest absolute Gasteiger partial charge is 0.493 e. The summed E-state index contributed by atoms with van der Waals surface area (Å²) in [5, 5.41) is 8.83. The van der Waals surface area contributed by atoms with E-state index in [1.54, 1.807) is 13.3 Å². The molecule has 2 N–H and O–H groups in total. The summed E-state index contributed by atoms with van der Waals surface area (Å²) in [6.45, 7) is 7.06. The van der Waals surface area contributed by atoms with Crippen LogP contribution in [0.4, 0.5) is 0 Å². The molecular formula is C15H25N5O. The fourth-order valence-electron chi connectivity index (χ4n) is 2.73. The second-order valence-electron chi connectivity index (χ2n) is 5.40. The smallest absolute Gasteiger partial charge is 0.161 e. The molecule has 0 aliphatic carbocycles. The molecular weight excluding hydrogens is 266 g/mol. The van der Waals surface area contributed by atoms with Crippen LogP contribution in [0.1, 0.15) is 42.0 Å². The van der Waals surface area contributed by atoms with E-state index in [9.17, 15) is 0 Å². The summed E-state index contributed by atoms with van der Waals surface area (Å²) in [7, 11) is 3.61. The van der Waals surface area contributed by atoms with Crippen molar-refractivity contribution >= 4 is 0 Å². The second-order valence-corrected chi connectivity index (χ2v) is 5.40. The summed E-state index contributed by atoms with van der Waals surface area (Å²) in [6, 6.07) is -0.157. The van der Waals surface area contributed by atoms with Crippen LogP contribution in [0.5, 0.6) is 5.75 Å². The molecule has 2 rings (SSSR count). The molecule has 0 saturated heterocycles. The summed E-state index contributed by atoms with van der Waals surface area (Å²) in [4.78, 5) is 0. The number of hydrogen-bond donors (Lipinski definition) is 1. The van der Waals surface area contributed by atoms with Crippen LogP contribution >= 0.6 is 0 Å². The quantitative estimate of drug-likeness (QED) is 0.882. The summed E-state index contributed by atoms with van der Waals surface area (Å²) >= 11 is 0. The van der Waals surface area contributed by atoms with Gasteiger partial charge in [-0.05, 0) is 32.3 Å². The van der Waals surface area contributed by atoms with Gasteiger partial charge in [-0.2, -0.15) is 10.2 Å². The van der Waals surface area contributed by atoms with Crippen molar-refractivity contribution < 1.29 is 4.74 Å². The minimum absolute atomic E-state index is 0.157. The Morgan fingerprint density at radius 3 is 2.62 bits per heavy atom. The Hall–Kier alpha value is -1.82. The topological polar surface area (TPSA) is 70.9 Å². The first-order valence-electron chi connectivity index (χ1n) is 7.33. The molecule has 0 spiro atoms. The Morgan fingerprint density at radius 1 is 1.38 bits per heavy atom. The lowest BCUT2D eigenvalue weighted by atomic mass is 10.0. The molecule has 1 unspecified atom stereocenters. The molecule has 0 amide bonds. The van der Waals surface area contributed by atoms with Gasteiger partial charge in [-0.3, -0.25) is 9.36 Å². The molecule has 21 heavy (non-hydrogen) atoms. The van der Waals surface area contributed by atoms with Crippen LogP contribution in [-0.2, 0) is 20.0 Å². The van der Waals surface area contributed by atoms with Crippen LogP contribution in [0, 0.1) is 13.8 Å². The van der Waals surface area contributed by atoms with Gasteiger partial charge in [-0.15, -0.1) is 0 Å². The average Bonchev–Trinajstić information content (AvgIpc) is 2.95. The van der Waals surface area contributed by atoms with Gasteiger partial charge in [-0.1, -0.05) is 6.92 Å². The summed E-state index contributed by atoms with van der Waals surface area (Å²) < 4.78 is 9.26. The summed E-state index contributed by atoms with van der Waals surface area (Å²) in [5.74, 6) is 0.759. The van der Waals surface area contributed by atoms with E-state index in [0.717, 1.165) is 42.2 Å². The van der Waals surface area contributed by atoms with Crippen molar-refractivity contribution in [3.8, 4) is 5.75 Å². The number of rotatable bonds is 6. The Morgan fingerprint density at radius 2 is 2.10 bits per heavy atom. The fourth-order valence-corrected chi connectivity index (χ4v) is 2.73. The van der Waals surface area contributed by atoms with Crippen molar-refractivity contribution in [3.05, 3.63) is 28.8 Å². The highest BCUT2D eigenvalue weighted by Crippen LogP contribution is 2.27. The number of nitrogens with zero attached hydrogens (tertiary/aromatic N) is 4. The normalized spacial score (nSPS) is 12.7. The van der Waals surface area contributed by atoms with Crippen LogP contribution in [0.15, 0.2) is 6.20 Å². The third-order valence-corrected chi connectivity index (χ3v) is 3.93. The summed E-state index contributed by atoms with van der Waals surface area (Å²) in [6.07, 6.45) is 3.49. The predicted molar refractivity (Wildman–Crippen MR) is 82.4 cm³/mol. The van der Waals surface area contributed by atoms with E-state index in [0.29, 0.717) is 0 Å². The highest BCUT2D eigenvalue weighted by molar-refractivity contribution is 5.32. The monoisotopic (exact) mass is 291 g/mol. The van der Waals surface area contributed by atoms with Gasteiger partial charge in [0.1, 0.15) is 0 Å². The zero-order valence-electron chi connectivity index (χ0n) is 13.6. The van der Waals surface area contributed by atoms with E-state index in [1.165, 1.54) is 5.56 Å². The maximum atomic E-state index is 6.45. The first kappa shape index (κ1) is 15.6. The number of nitrogens with two attached hydrogens (primary N) is 1. The van der Waals surface area contributed by atoms with Crippen molar-refractivity contribution in [2.75, 3.05) is 7.11 Å². The van der Waals surface area contributed by atoms with E-state index in [1.807, 2.05) is 23.3 Å². The molecule has 2 aromatic heterocycles. The van der Waals surface area contributed by atoms with E-state index >= 15 is 0 Å². The van der Waals surface area contributed by atoms with Gasteiger partial charge in [0.25, 0.3) is 0 Å². The molecule has 116 valence electrons. The number of ether oxygens (including phenoxy) is 1. The molecule has 0 fully saturated rings. The maximum absolute atomic E-state index is 6.45. The van der Waals surface area contributed by atoms with E-state index in [4.69, 9.17) is 10.5 Å². The lowest BCUT2D eigenvalue weighted by molar-refractivity contribution is 0.400. The molecule has 1 atom stereocenters. The number of aromatic nitrogens is 4. The Labute approximate surface area is 125 Å². The van der Waals surface area contributed by atoms with Gasteiger partial charge in [0.15, 0.2) is 5.75 Å². The molecule has 2 aromatic rings. The minimum Gasteiger partial charge on any atom is -0.493 e. The van der Waals surface area contributed by atoms with Crippen molar-refractivity contribution in [1.82, 2.24) is 19.6 Å². The fraction of sp³-hybridized carbons (Fsp3) is 0.600. The molecule has 6 heteroatoms. The third kappa shape index (κ3) is 2.95. The zero-order chi connectivity index (χ0) is 15.6. The molecule has 6 nitrogen and oxygen atoms in total. The van der Waals surface area contributed by atoms with E-state index in [-0.39, 0.29) is 6.04 Å². The SMILES string of the molecule is CCCn1ncc(OC)c1C(N)Cc1c(C)nn(C)c1C. The number of aryl methyl sites for hydroxylation is 3. The average molecular weight is 291 g/mol. The standard InChI is InChI=1S/C15H25N5O/c1-6-7-20-15(14(21-5)9-17-20)13(16)8-12-10(2)18-19(4)11(12)3/h9,13H,6-8,16H2,1-5H3. The molecule has 2 heterocycles. The van der Waals surface area contributed by atoms with Gasteiger partial charge < -0.3 is 10.5 Å². The molecule has 0 aliphatic heterocycles. The molecule has 0 aliphatic rings. The van der Waals surface area contributed by atoms with Crippen molar-refractivity contribution in [1.29, 1.82) is 0 Å². The van der Waals surface area contributed by atoms with Crippen molar-refractivity contribution in [2.24, 2.45) is 12.8 Å². The Balaban J connectivity index is 2.31. The van der Waals surface area contributed by atoms with Crippen LogP contribution in [0.25, 0.3) is 0 Å². The minimum atomic E-state index is -0.157. The predicted octanol–water partition coefficient (Wildman–Crippen LogP) is 1.89. The lowest BCUT2D eigenvalue weighted by Gasteiger charge is -2.16. The Bertz CT molecular complexity index is 614. The van der Waals surface area contributed by atoms with Crippen LogP contribution < -0.4 is 10.5 Å². The third-order valence-electron chi connectivity index (χ3n) is 3.93. The van der Waals surface area contributed by atoms with Gasteiger partial charge >= 0.3 is 0 Å². The highest BCUT2D eigenvalue weighted by Gasteiger charge is 2.21. The van der Waals surface area contributed by atoms with Crippen molar-refractivity contribution in [2.45, 2.75) is 46.2 Å². The summed E-state index contributed by atoms with van der Waals surface area (Å²) in [5.41, 5.74) is 10.8. The van der Waals surface area contributed by atoms with Crippen LogP contribution in [0.2, 0.25) is 0 Å².